The summed E-state index contributed by atoms with van der Waals surface area (Å²) in [7, 11) is 0. The lowest BCUT2D eigenvalue weighted by atomic mass is 10.1. The smallest absolute Gasteiger partial charge is 0.256 e. The highest BCUT2D eigenvalue weighted by atomic mass is 79.9. The molecule has 3 rings (SSSR count). The van der Waals surface area contributed by atoms with E-state index in [0.29, 0.717) is 12.4 Å². The summed E-state index contributed by atoms with van der Waals surface area (Å²) >= 11 is 3.43. The Kier molecular flexibility index (Phi) is 5.88. The minimum Gasteiger partial charge on any atom is -0.391 e. The first kappa shape index (κ1) is 18.1. The number of quaternary nitrogens is 1. The maximum Gasteiger partial charge on any atom is 0.256 e. The Labute approximate surface area is 155 Å². The molecule has 0 bridgehead atoms. The van der Waals surface area contributed by atoms with Crippen molar-refractivity contribution in [2.45, 2.75) is 13.3 Å². The molecule has 0 atom stereocenters. The number of rotatable bonds is 5. The van der Waals surface area contributed by atoms with Gasteiger partial charge in [0, 0.05) is 16.5 Å². The highest BCUT2D eigenvalue weighted by Gasteiger charge is 2.22. The molecule has 0 spiro atoms. The van der Waals surface area contributed by atoms with E-state index in [1.54, 1.807) is 0 Å². The van der Waals surface area contributed by atoms with Gasteiger partial charge >= 0.3 is 0 Å². The Morgan fingerprint density at radius 2 is 1.96 bits per heavy atom. The first-order valence-electron chi connectivity index (χ1n) is 8.60. The maximum absolute atomic E-state index is 12.6. The number of anilines is 1. The monoisotopic (exact) mass is 407 g/mol. The molecule has 0 aliphatic carbocycles. The summed E-state index contributed by atoms with van der Waals surface area (Å²) in [6.07, 6.45) is 0.580. The van der Waals surface area contributed by atoms with Gasteiger partial charge in [-0.1, -0.05) is 28.1 Å². The molecule has 1 aliphatic heterocycles. The van der Waals surface area contributed by atoms with Crippen LogP contribution in [0.15, 0.2) is 33.5 Å². The third kappa shape index (κ3) is 4.48. The van der Waals surface area contributed by atoms with Gasteiger partial charge in [0.1, 0.15) is 6.54 Å². The number of aromatic amines is 1. The fourth-order valence-corrected chi connectivity index (χ4v) is 3.47. The predicted octanol–water partition coefficient (Wildman–Crippen LogP) is 0.129. The molecule has 0 saturated carbocycles. The van der Waals surface area contributed by atoms with Crippen molar-refractivity contribution in [1.29, 1.82) is 0 Å². The number of benzene rings is 1. The number of halogens is 1. The zero-order valence-corrected chi connectivity index (χ0v) is 16.0. The van der Waals surface area contributed by atoms with Gasteiger partial charge < -0.3 is 14.9 Å². The molecule has 2 heterocycles. The van der Waals surface area contributed by atoms with Gasteiger partial charge in [0.05, 0.1) is 38.5 Å². The van der Waals surface area contributed by atoms with Gasteiger partial charge in [0.15, 0.2) is 0 Å². The fourth-order valence-electron chi connectivity index (χ4n) is 3.20. The van der Waals surface area contributed by atoms with E-state index in [0.717, 1.165) is 54.0 Å². The van der Waals surface area contributed by atoms with Crippen molar-refractivity contribution in [3.05, 3.63) is 55.9 Å². The summed E-state index contributed by atoms with van der Waals surface area (Å²) < 4.78 is 1.03. The molecule has 25 heavy (non-hydrogen) atoms. The number of aryl methyl sites for hydroxylation is 1. The molecule has 6 nitrogen and oxygen atoms in total. The summed E-state index contributed by atoms with van der Waals surface area (Å²) in [5.41, 5.74) is 2.53. The van der Waals surface area contributed by atoms with Crippen LogP contribution in [-0.2, 0) is 6.42 Å². The number of H-pyrrole nitrogens is 1. The lowest BCUT2D eigenvalue weighted by Crippen LogP contribution is -3.15. The number of nitrogens with zero attached hydrogens (tertiary/aromatic N) is 2. The Hall–Kier alpha value is -1.70. The van der Waals surface area contributed by atoms with E-state index in [2.05, 4.69) is 30.8 Å². The second-order valence-electron chi connectivity index (χ2n) is 6.47. The van der Waals surface area contributed by atoms with E-state index in [9.17, 15) is 4.79 Å². The van der Waals surface area contributed by atoms with Crippen LogP contribution < -0.4 is 15.4 Å². The van der Waals surface area contributed by atoms with E-state index < -0.39 is 0 Å². The number of piperazine rings is 1. The maximum atomic E-state index is 12.6. The predicted molar refractivity (Wildman–Crippen MR) is 101 cm³/mol. The Bertz CT molecular complexity index is 768. The number of aliphatic hydroxyl groups excluding tert-OH is 1. The number of aliphatic hydroxyl groups is 1. The van der Waals surface area contributed by atoms with Crippen LogP contribution in [0.2, 0.25) is 0 Å². The van der Waals surface area contributed by atoms with Crippen molar-refractivity contribution in [2.24, 2.45) is 0 Å². The molecule has 1 aromatic heterocycles. The van der Waals surface area contributed by atoms with E-state index >= 15 is 0 Å². The Morgan fingerprint density at radius 1 is 1.28 bits per heavy atom. The molecule has 7 heteroatoms. The van der Waals surface area contributed by atoms with Crippen LogP contribution in [0.3, 0.4) is 0 Å². The normalized spacial score (nSPS) is 15.6. The fraction of sp³-hybridized carbons (Fsp3) is 0.444. The molecule has 3 N–H and O–H groups in total. The summed E-state index contributed by atoms with van der Waals surface area (Å²) in [6.45, 7) is 6.47. The molecule has 0 radical (unpaired) electrons. The number of aromatic nitrogens is 2. The standard InChI is InChI=1S/C18H23BrN4O2/c1-13-16(12-14-2-4-15(19)5-3-14)17(25)21-18(20-13)23-8-6-22(7-9-23)10-11-24/h2-5,24H,6-12H2,1H3,(H,20,21,25)/p+1. The molecule has 1 aromatic carbocycles. The lowest BCUT2D eigenvalue weighted by molar-refractivity contribution is -0.900. The Morgan fingerprint density at radius 3 is 2.56 bits per heavy atom. The van der Waals surface area contributed by atoms with Crippen molar-refractivity contribution in [3.63, 3.8) is 0 Å². The molecule has 2 aromatic rings. The summed E-state index contributed by atoms with van der Waals surface area (Å²) in [6, 6.07) is 7.99. The number of hydrogen-bond acceptors (Lipinski definition) is 4. The van der Waals surface area contributed by atoms with Gasteiger partial charge in [-0.3, -0.25) is 9.78 Å². The van der Waals surface area contributed by atoms with Gasteiger partial charge in [-0.05, 0) is 24.6 Å². The average molecular weight is 408 g/mol. The van der Waals surface area contributed by atoms with Crippen LogP contribution in [0.25, 0.3) is 0 Å². The lowest BCUT2D eigenvalue weighted by Gasteiger charge is -2.32. The average Bonchev–Trinajstić information content (AvgIpc) is 2.60. The van der Waals surface area contributed by atoms with Crippen molar-refractivity contribution >= 4 is 21.9 Å². The zero-order chi connectivity index (χ0) is 17.8. The van der Waals surface area contributed by atoms with Crippen molar-refractivity contribution in [2.75, 3.05) is 44.2 Å². The van der Waals surface area contributed by atoms with Crippen LogP contribution in [-0.4, -0.2) is 54.4 Å². The van der Waals surface area contributed by atoms with E-state index in [1.807, 2.05) is 31.2 Å². The highest BCUT2D eigenvalue weighted by molar-refractivity contribution is 9.10. The number of hydrogen-bond donors (Lipinski definition) is 3. The van der Waals surface area contributed by atoms with Gasteiger partial charge in [0.2, 0.25) is 5.95 Å². The Balaban J connectivity index is 1.74. The van der Waals surface area contributed by atoms with E-state index in [1.165, 1.54) is 4.90 Å². The molecule has 1 fully saturated rings. The first-order chi connectivity index (χ1) is 12.1. The van der Waals surface area contributed by atoms with Gasteiger partial charge in [0.25, 0.3) is 5.56 Å². The van der Waals surface area contributed by atoms with Crippen LogP contribution in [0, 0.1) is 6.92 Å². The van der Waals surface area contributed by atoms with Crippen LogP contribution in [0.1, 0.15) is 16.8 Å². The van der Waals surface area contributed by atoms with Gasteiger partial charge in [-0.25, -0.2) is 4.98 Å². The van der Waals surface area contributed by atoms with Crippen molar-refractivity contribution in [1.82, 2.24) is 9.97 Å². The van der Waals surface area contributed by atoms with Crippen LogP contribution >= 0.6 is 15.9 Å². The second-order valence-corrected chi connectivity index (χ2v) is 7.38. The molecular weight excluding hydrogens is 384 g/mol. The van der Waals surface area contributed by atoms with Crippen molar-refractivity contribution in [3.8, 4) is 0 Å². The van der Waals surface area contributed by atoms with Crippen LogP contribution in [0.4, 0.5) is 5.95 Å². The summed E-state index contributed by atoms with van der Waals surface area (Å²) in [5.74, 6) is 0.658. The topological polar surface area (TPSA) is 73.7 Å². The molecule has 1 saturated heterocycles. The molecule has 1 aliphatic rings. The summed E-state index contributed by atoms with van der Waals surface area (Å²) in [5, 5.41) is 9.04. The van der Waals surface area contributed by atoms with Gasteiger partial charge in [-0.15, -0.1) is 0 Å². The van der Waals surface area contributed by atoms with Crippen molar-refractivity contribution < 1.29 is 10.0 Å². The SMILES string of the molecule is Cc1nc(N2CC[NH+](CCO)CC2)[nH]c(=O)c1Cc1ccc(Br)cc1. The van der Waals surface area contributed by atoms with Gasteiger partial charge in [-0.2, -0.15) is 0 Å². The van der Waals surface area contributed by atoms with E-state index in [-0.39, 0.29) is 12.2 Å². The third-order valence-corrected chi connectivity index (χ3v) is 5.27. The largest absolute Gasteiger partial charge is 0.391 e. The minimum atomic E-state index is -0.0597. The zero-order valence-electron chi connectivity index (χ0n) is 14.4. The third-order valence-electron chi connectivity index (χ3n) is 4.74. The molecule has 134 valence electrons. The highest BCUT2D eigenvalue weighted by Crippen LogP contribution is 2.15. The minimum absolute atomic E-state index is 0.0597. The molecule has 0 amide bonds. The van der Waals surface area contributed by atoms with Crippen LogP contribution in [0.5, 0.6) is 0 Å². The van der Waals surface area contributed by atoms with E-state index in [4.69, 9.17) is 5.11 Å². The molecular formula is C18H24BrN4O2+. The molecule has 0 unspecified atom stereocenters. The first-order valence-corrected chi connectivity index (χ1v) is 9.39. The second kappa shape index (κ2) is 8.12. The number of nitrogens with one attached hydrogen (secondary N) is 2. The quantitative estimate of drug-likeness (QED) is 0.658. The summed E-state index contributed by atoms with van der Waals surface area (Å²) in [4.78, 5) is 23.7.